The van der Waals surface area contributed by atoms with E-state index in [0.29, 0.717) is 6.10 Å². The molecule has 0 amide bonds. The first kappa shape index (κ1) is 11.4. The fraction of sp³-hybridized carbons (Fsp3) is 1.00. The first-order chi connectivity index (χ1) is 7.38. The predicted molar refractivity (Wildman–Crippen MR) is 62.1 cm³/mol. The van der Waals surface area contributed by atoms with E-state index in [9.17, 15) is 0 Å². The summed E-state index contributed by atoms with van der Waals surface area (Å²) in [6.07, 6.45) is 4.42. The highest BCUT2D eigenvalue weighted by atomic mass is 16.5. The summed E-state index contributed by atoms with van der Waals surface area (Å²) in [5.74, 6) is 0.823. The van der Waals surface area contributed by atoms with E-state index >= 15 is 0 Å². The molecule has 2 aliphatic heterocycles. The second kappa shape index (κ2) is 5.83. The normalized spacial score (nSPS) is 34.2. The molecule has 2 atom stereocenters. The molecular weight excluding hydrogens is 188 g/mol. The second-order valence-electron chi connectivity index (χ2n) is 4.86. The van der Waals surface area contributed by atoms with Gasteiger partial charge in [-0.05, 0) is 18.8 Å². The number of nitrogens with one attached hydrogen (secondary N) is 1. The van der Waals surface area contributed by atoms with Crippen LogP contribution in [0.1, 0.15) is 26.2 Å². The van der Waals surface area contributed by atoms with Gasteiger partial charge in [0.2, 0.25) is 0 Å². The Morgan fingerprint density at radius 3 is 2.67 bits per heavy atom. The van der Waals surface area contributed by atoms with Crippen LogP contribution in [0.4, 0.5) is 0 Å². The van der Waals surface area contributed by atoms with Gasteiger partial charge in [0.15, 0.2) is 0 Å². The molecule has 0 bridgehead atoms. The van der Waals surface area contributed by atoms with Gasteiger partial charge in [-0.2, -0.15) is 0 Å². The van der Waals surface area contributed by atoms with Crippen molar-refractivity contribution >= 4 is 0 Å². The highest BCUT2D eigenvalue weighted by Crippen LogP contribution is 2.21. The Kier molecular flexibility index (Phi) is 4.42. The Morgan fingerprint density at radius 2 is 2.07 bits per heavy atom. The molecule has 1 unspecified atom stereocenters. The molecule has 0 aromatic rings. The van der Waals surface area contributed by atoms with Gasteiger partial charge in [-0.1, -0.05) is 13.3 Å². The standard InChI is InChI=1S/C12H24N2O/c1-2-11-3-4-12(15-10-11)9-14-7-5-13-6-8-14/h11-13H,2-10H2,1H3/t11?,12-/m0/s1. The Hall–Kier alpha value is -0.120. The molecular formula is C12H24N2O. The average molecular weight is 212 g/mol. The second-order valence-corrected chi connectivity index (χ2v) is 4.86. The van der Waals surface area contributed by atoms with E-state index < -0.39 is 0 Å². The lowest BCUT2D eigenvalue weighted by Gasteiger charge is -2.34. The summed E-state index contributed by atoms with van der Waals surface area (Å²) < 4.78 is 5.92. The van der Waals surface area contributed by atoms with Gasteiger partial charge in [0, 0.05) is 39.3 Å². The van der Waals surface area contributed by atoms with Gasteiger partial charge >= 0.3 is 0 Å². The molecule has 88 valence electrons. The SMILES string of the molecule is CCC1CC[C@@H](CN2CCNCC2)OC1. The lowest BCUT2D eigenvalue weighted by Crippen LogP contribution is -2.47. The minimum Gasteiger partial charge on any atom is -0.377 e. The van der Waals surface area contributed by atoms with Crippen molar-refractivity contribution in [2.24, 2.45) is 5.92 Å². The molecule has 0 aromatic carbocycles. The molecule has 2 fully saturated rings. The summed E-state index contributed by atoms with van der Waals surface area (Å²) in [6.45, 7) is 9.08. The van der Waals surface area contributed by atoms with Gasteiger partial charge in [-0.15, -0.1) is 0 Å². The number of ether oxygens (including phenoxy) is 1. The third-order valence-electron chi connectivity index (χ3n) is 3.71. The van der Waals surface area contributed by atoms with Gasteiger partial charge in [0.05, 0.1) is 6.10 Å². The van der Waals surface area contributed by atoms with E-state index in [1.165, 1.54) is 32.4 Å². The Bertz CT molecular complexity index is 172. The summed E-state index contributed by atoms with van der Waals surface area (Å²) in [7, 11) is 0. The van der Waals surface area contributed by atoms with E-state index in [1.807, 2.05) is 0 Å². The molecule has 0 radical (unpaired) electrons. The number of rotatable bonds is 3. The van der Waals surface area contributed by atoms with E-state index in [2.05, 4.69) is 17.1 Å². The Labute approximate surface area is 93.2 Å². The molecule has 3 heteroatoms. The van der Waals surface area contributed by atoms with Crippen LogP contribution in [0.2, 0.25) is 0 Å². The van der Waals surface area contributed by atoms with Crippen LogP contribution in [0.5, 0.6) is 0 Å². The minimum absolute atomic E-state index is 0.505. The van der Waals surface area contributed by atoms with Gasteiger partial charge in [0.25, 0.3) is 0 Å². The fourth-order valence-corrected chi connectivity index (χ4v) is 2.51. The lowest BCUT2D eigenvalue weighted by molar-refractivity contribution is -0.0344. The highest BCUT2D eigenvalue weighted by molar-refractivity contribution is 4.75. The largest absolute Gasteiger partial charge is 0.377 e. The molecule has 3 nitrogen and oxygen atoms in total. The molecule has 2 heterocycles. The fourth-order valence-electron chi connectivity index (χ4n) is 2.51. The topological polar surface area (TPSA) is 24.5 Å². The van der Waals surface area contributed by atoms with Crippen molar-refractivity contribution in [3.05, 3.63) is 0 Å². The van der Waals surface area contributed by atoms with E-state index in [1.54, 1.807) is 0 Å². The third-order valence-corrected chi connectivity index (χ3v) is 3.71. The first-order valence-corrected chi connectivity index (χ1v) is 6.43. The van der Waals surface area contributed by atoms with Crippen LogP contribution in [0, 0.1) is 5.92 Å². The number of hydrogen-bond acceptors (Lipinski definition) is 3. The van der Waals surface area contributed by atoms with Crippen molar-refractivity contribution in [1.82, 2.24) is 10.2 Å². The summed E-state index contributed by atoms with van der Waals surface area (Å²) in [5.41, 5.74) is 0. The van der Waals surface area contributed by atoms with Crippen LogP contribution in [0.25, 0.3) is 0 Å². The van der Waals surface area contributed by atoms with Crippen LogP contribution in [-0.4, -0.2) is 50.3 Å². The van der Waals surface area contributed by atoms with Crippen LogP contribution in [0.3, 0.4) is 0 Å². The number of nitrogens with zero attached hydrogens (tertiary/aromatic N) is 1. The monoisotopic (exact) mass is 212 g/mol. The molecule has 0 spiro atoms. The summed E-state index contributed by atoms with van der Waals surface area (Å²) in [6, 6.07) is 0. The molecule has 0 saturated carbocycles. The van der Waals surface area contributed by atoms with Crippen LogP contribution in [0.15, 0.2) is 0 Å². The van der Waals surface area contributed by atoms with E-state index in [4.69, 9.17) is 4.74 Å². The van der Waals surface area contributed by atoms with Crippen LogP contribution in [-0.2, 0) is 4.74 Å². The zero-order chi connectivity index (χ0) is 10.5. The maximum absolute atomic E-state index is 5.92. The van der Waals surface area contributed by atoms with E-state index in [-0.39, 0.29) is 0 Å². The van der Waals surface area contributed by atoms with Crippen molar-refractivity contribution in [3.63, 3.8) is 0 Å². The molecule has 15 heavy (non-hydrogen) atoms. The highest BCUT2D eigenvalue weighted by Gasteiger charge is 2.22. The quantitative estimate of drug-likeness (QED) is 0.758. The van der Waals surface area contributed by atoms with Crippen LogP contribution >= 0.6 is 0 Å². The van der Waals surface area contributed by atoms with Crippen LogP contribution < -0.4 is 5.32 Å². The molecule has 0 aromatic heterocycles. The van der Waals surface area contributed by atoms with Gasteiger partial charge in [-0.25, -0.2) is 0 Å². The van der Waals surface area contributed by atoms with Gasteiger partial charge < -0.3 is 10.1 Å². The molecule has 2 rings (SSSR count). The van der Waals surface area contributed by atoms with Crippen molar-refractivity contribution in [3.8, 4) is 0 Å². The maximum atomic E-state index is 5.92. The van der Waals surface area contributed by atoms with Gasteiger partial charge in [-0.3, -0.25) is 4.90 Å². The Morgan fingerprint density at radius 1 is 1.27 bits per heavy atom. The first-order valence-electron chi connectivity index (χ1n) is 6.43. The average Bonchev–Trinajstić information content (AvgIpc) is 2.31. The summed E-state index contributed by atoms with van der Waals surface area (Å²) in [4.78, 5) is 2.54. The molecule has 0 aliphatic carbocycles. The molecule has 2 aliphatic rings. The molecule has 2 saturated heterocycles. The zero-order valence-corrected chi connectivity index (χ0v) is 9.87. The van der Waals surface area contributed by atoms with Crippen molar-refractivity contribution in [2.45, 2.75) is 32.3 Å². The summed E-state index contributed by atoms with van der Waals surface area (Å²) in [5, 5.41) is 3.39. The Balaban J connectivity index is 1.67. The van der Waals surface area contributed by atoms with Crippen molar-refractivity contribution < 1.29 is 4.74 Å². The third kappa shape index (κ3) is 3.44. The smallest absolute Gasteiger partial charge is 0.0702 e. The zero-order valence-electron chi connectivity index (χ0n) is 9.87. The lowest BCUT2D eigenvalue weighted by atomic mass is 9.96. The van der Waals surface area contributed by atoms with Crippen molar-refractivity contribution in [2.75, 3.05) is 39.3 Å². The van der Waals surface area contributed by atoms with Crippen molar-refractivity contribution in [1.29, 1.82) is 0 Å². The summed E-state index contributed by atoms with van der Waals surface area (Å²) >= 11 is 0. The minimum atomic E-state index is 0.505. The number of hydrogen-bond donors (Lipinski definition) is 1. The van der Waals surface area contributed by atoms with Gasteiger partial charge in [0.1, 0.15) is 0 Å². The maximum Gasteiger partial charge on any atom is 0.0702 e. The number of piperazine rings is 1. The predicted octanol–water partition coefficient (Wildman–Crippen LogP) is 1.10. The van der Waals surface area contributed by atoms with E-state index in [0.717, 1.165) is 32.2 Å². The molecule has 1 N–H and O–H groups in total.